The molecule has 29 heavy (non-hydrogen) atoms. The van der Waals surface area contributed by atoms with Crippen molar-refractivity contribution in [3.05, 3.63) is 54.3 Å². The van der Waals surface area contributed by atoms with E-state index in [1.54, 1.807) is 29.2 Å². The highest BCUT2D eigenvalue weighted by Crippen LogP contribution is 2.23. The quantitative estimate of drug-likeness (QED) is 0.723. The molecule has 1 aliphatic rings. The lowest BCUT2D eigenvalue weighted by molar-refractivity contribution is -0.153. The van der Waals surface area contributed by atoms with Gasteiger partial charge in [0.2, 0.25) is 5.91 Å². The van der Waals surface area contributed by atoms with Crippen LogP contribution in [0.25, 0.3) is 0 Å². The van der Waals surface area contributed by atoms with Gasteiger partial charge in [0.1, 0.15) is 11.6 Å². The van der Waals surface area contributed by atoms with Gasteiger partial charge in [0.25, 0.3) is 5.91 Å². The minimum Gasteiger partial charge on any atom is -0.479 e. The van der Waals surface area contributed by atoms with E-state index in [4.69, 9.17) is 9.47 Å². The number of hydrogen-bond acceptors (Lipinski definition) is 5. The third-order valence-electron chi connectivity index (χ3n) is 4.34. The molecule has 1 aliphatic heterocycles. The molecule has 0 radical (unpaired) electrons. The van der Waals surface area contributed by atoms with Crippen LogP contribution in [0.2, 0.25) is 0 Å². The summed E-state index contributed by atoms with van der Waals surface area (Å²) in [5.41, 5.74) is 1.31. The van der Waals surface area contributed by atoms with Crippen LogP contribution in [0.5, 0.6) is 5.75 Å². The van der Waals surface area contributed by atoms with Gasteiger partial charge in [-0.05, 0) is 61.9 Å². The van der Waals surface area contributed by atoms with Gasteiger partial charge < -0.3 is 19.7 Å². The molecule has 0 spiro atoms. The largest absolute Gasteiger partial charge is 0.479 e. The first-order chi connectivity index (χ1) is 13.9. The average Bonchev–Trinajstić information content (AvgIpc) is 3.14. The molecule has 0 unspecified atom stereocenters. The standard InChI is InChI=1S/C21H21FN2O5/c1-14(29-18-10-4-15(22)5-11-18)21(27)28-13-19(25)23-16-6-8-17(9-7-16)24-12-2-3-20(24)26/h4-11,14H,2-3,12-13H2,1H3,(H,23,25)/t14-/m1/s1. The highest BCUT2D eigenvalue weighted by molar-refractivity contribution is 5.96. The van der Waals surface area contributed by atoms with Gasteiger partial charge in [-0.1, -0.05) is 0 Å². The van der Waals surface area contributed by atoms with E-state index in [1.165, 1.54) is 31.2 Å². The molecule has 1 saturated heterocycles. The van der Waals surface area contributed by atoms with Crippen LogP contribution in [-0.4, -0.2) is 37.0 Å². The molecule has 1 heterocycles. The maximum Gasteiger partial charge on any atom is 0.347 e. The second-order valence-electron chi connectivity index (χ2n) is 6.57. The van der Waals surface area contributed by atoms with Crippen LogP contribution in [0, 0.1) is 5.82 Å². The highest BCUT2D eigenvalue weighted by atomic mass is 19.1. The molecule has 0 bridgehead atoms. The van der Waals surface area contributed by atoms with E-state index in [0.29, 0.717) is 24.4 Å². The summed E-state index contributed by atoms with van der Waals surface area (Å²) in [6.45, 7) is 1.70. The Hall–Kier alpha value is -3.42. The zero-order chi connectivity index (χ0) is 20.8. The third-order valence-corrected chi connectivity index (χ3v) is 4.34. The predicted octanol–water partition coefficient (Wildman–Crippen LogP) is 2.90. The summed E-state index contributed by atoms with van der Waals surface area (Å²) >= 11 is 0. The summed E-state index contributed by atoms with van der Waals surface area (Å²) in [5.74, 6) is -1.23. The SMILES string of the molecule is C[C@@H](Oc1ccc(F)cc1)C(=O)OCC(=O)Nc1ccc(N2CCCC2=O)cc1. The van der Waals surface area contributed by atoms with Crippen molar-refractivity contribution < 1.29 is 28.2 Å². The van der Waals surface area contributed by atoms with E-state index in [2.05, 4.69) is 5.32 Å². The number of benzene rings is 2. The monoisotopic (exact) mass is 400 g/mol. The number of carbonyl (C=O) groups is 3. The van der Waals surface area contributed by atoms with Gasteiger partial charge in [0.15, 0.2) is 12.7 Å². The summed E-state index contributed by atoms with van der Waals surface area (Å²) in [5, 5.41) is 2.62. The molecule has 2 aromatic carbocycles. The van der Waals surface area contributed by atoms with E-state index in [-0.39, 0.29) is 5.91 Å². The summed E-state index contributed by atoms with van der Waals surface area (Å²) < 4.78 is 23.2. The zero-order valence-corrected chi connectivity index (χ0v) is 15.9. The van der Waals surface area contributed by atoms with E-state index in [1.807, 2.05) is 0 Å². The first-order valence-corrected chi connectivity index (χ1v) is 9.21. The van der Waals surface area contributed by atoms with Crippen LogP contribution < -0.4 is 15.0 Å². The first kappa shape index (κ1) is 20.3. The molecular weight excluding hydrogens is 379 g/mol. The van der Waals surface area contributed by atoms with E-state index in [9.17, 15) is 18.8 Å². The fourth-order valence-electron chi connectivity index (χ4n) is 2.86. The van der Waals surface area contributed by atoms with E-state index in [0.717, 1.165) is 12.1 Å². The molecule has 7 nitrogen and oxygen atoms in total. The van der Waals surface area contributed by atoms with Crippen molar-refractivity contribution in [3.8, 4) is 5.75 Å². The van der Waals surface area contributed by atoms with Crippen molar-refractivity contribution in [1.82, 2.24) is 0 Å². The number of rotatable bonds is 7. The Bertz CT molecular complexity index is 883. The Kier molecular flexibility index (Phi) is 6.43. The minimum atomic E-state index is -0.953. The van der Waals surface area contributed by atoms with Gasteiger partial charge in [-0.25, -0.2) is 9.18 Å². The van der Waals surface area contributed by atoms with Crippen LogP contribution >= 0.6 is 0 Å². The van der Waals surface area contributed by atoms with E-state index < -0.39 is 30.4 Å². The average molecular weight is 400 g/mol. The molecular formula is C21H21FN2O5. The number of ether oxygens (including phenoxy) is 2. The molecule has 152 valence electrons. The van der Waals surface area contributed by atoms with E-state index >= 15 is 0 Å². The van der Waals surface area contributed by atoms with Crippen molar-refractivity contribution in [1.29, 1.82) is 0 Å². The molecule has 0 aromatic heterocycles. The van der Waals surface area contributed by atoms with Gasteiger partial charge in [-0.2, -0.15) is 0 Å². The molecule has 0 aliphatic carbocycles. The van der Waals surface area contributed by atoms with Crippen molar-refractivity contribution >= 4 is 29.2 Å². The number of carbonyl (C=O) groups excluding carboxylic acids is 3. The maximum atomic E-state index is 12.9. The smallest absolute Gasteiger partial charge is 0.347 e. The van der Waals surface area contributed by atoms with Crippen molar-refractivity contribution in [2.45, 2.75) is 25.9 Å². The van der Waals surface area contributed by atoms with Crippen LogP contribution in [0.1, 0.15) is 19.8 Å². The number of hydrogen-bond donors (Lipinski definition) is 1. The second kappa shape index (κ2) is 9.18. The summed E-state index contributed by atoms with van der Waals surface area (Å²) in [6.07, 6.45) is 0.435. The fourth-order valence-corrected chi connectivity index (χ4v) is 2.86. The molecule has 1 atom stereocenters. The van der Waals surface area contributed by atoms with Gasteiger partial charge in [-0.3, -0.25) is 9.59 Å². The molecule has 2 amide bonds. The Labute approximate surface area is 167 Å². The lowest BCUT2D eigenvalue weighted by atomic mass is 10.2. The van der Waals surface area contributed by atoms with Crippen LogP contribution in [0.3, 0.4) is 0 Å². The predicted molar refractivity (Wildman–Crippen MR) is 104 cm³/mol. The van der Waals surface area contributed by atoms with Gasteiger partial charge in [0, 0.05) is 24.3 Å². The second-order valence-corrected chi connectivity index (χ2v) is 6.57. The molecule has 2 aromatic rings. The Balaban J connectivity index is 1.44. The lowest BCUT2D eigenvalue weighted by Crippen LogP contribution is -2.29. The molecule has 0 saturated carbocycles. The minimum absolute atomic E-state index is 0.0886. The van der Waals surface area contributed by atoms with Crippen molar-refractivity contribution in [2.75, 3.05) is 23.4 Å². The maximum absolute atomic E-state index is 12.9. The summed E-state index contributed by atoms with van der Waals surface area (Å²) in [4.78, 5) is 37.4. The summed E-state index contributed by atoms with van der Waals surface area (Å²) in [7, 11) is 0. The molecule has 1 N–H and O–H groups in total. The Morgan fingerprint density at radius 3 is 2.45 bits per heavy atom. The fraction of sp³-hybridized carbons (Fsp3) is 0.286. The zero-order valence-electron chi connectivity index (χ0n) is 15.9. The number of nitrogens with one attached hydrogen (secondary N) is 1. The van der Waals surface area contributed by atoms with Crippen LogP contribution in [0.15, 0.2) is 48.5 Å². The molecule has 1 fully saturated rings. The van der Waals surface area contributed by atoms with Gasteiger partial charge >= 0.3 is 5.97 Å². The summed E-state index contributed by atoms with van der Waals surface area (Å²) in [6, 6.07) is 12.1. The normalized spacial score (nSPS) is 14.4. The number of esters is 1. The molecule has 3 rings (SSSR count). The number of amides is 2. The van der Waals surface area contributed by atoms with Crippen molar-refractivity contribution in [2.24, 2.45) is 0 Å². The first-order valence-electron chi connectivity index (χ1n) is 9.21. The number of nitrogens with zero attached hydrogens (tertiary/aromatic N) is 1. The lowest BCUT2D eigenvalue weighted by Gasteiger charge is -2.16. The third kappa shape index (κ3) is 5.54. The Morgan fingerprint density at radius 2 is 1.83 bits per heavy atom. The van der Waals surface area contributed by atoms with Crippen LogP contribution in [-0.2, 0) is 19.1 Å². The number of anilines is 2. The number of halogens is 1. The van der Waals surface area contributed by atoms with Gasteiger partial charge in [-0.15, -0.1) is 0 Å². The topological polar surface area (TPSA) is 84.9 Å². The Morgan fingerprint density at radius 1 is 1.14 bits per heavy atom. The van der Waals surface area contributed by atoms with Gasteiger partial charge in [0.05, 0.1) is 0 Å². The highest BCUT2D eigenvalue weighted by Gasteiger charge is 2.21. The molecule has 8 heteroatoms. The van der Waals surface area contributed by atoms with Crippen LogP contribution in [0.4, 0.5) is 15.8 Å². The van der Waals surface area contributed by atoms with Crippen molar-refractivity contribution in [3.63, 3.8) is 0 Å².